The zero-order valence-electron chi connectivity index (χ0n) is 15.0. The monoisotopic (exact) mass is 363 g/mol. The molecule has 0 radical (unpaired) electrons. The van der Waals surface area contributed by atoms with Crippen LogP contribution >= 0.6 is 0 Å². The molecule has 0 saturated carbocycles. The van der Waals surface area contributed by atoms with E-state index >= 15 is 0 Å². The third-order valence-corrected chi connectivity index (χ3v) is 4.66. The number of anilines is 2. The van der Waals surface area contributed by atoms with Crippen LogP contribution in [0, 0.1) is 0 Å². The van der Waals surface area contributed by atoms with Crippen molar-refractivity contribution in [2.45, 2.75) is 25.7 Å². The number of amides is 1. The Hall–Kier alpha value is -3.22. The molecule has 1 N–H and O–H groups in total. The topological polar surface area (TPSA) is 84.2 Å². The van der Waals surface area contributed by atoms with Gasteiger partial charge in [-0.3, -0.25) is 4.79 Å². The second kappa shape index (κ2) is 7.99. The molecule has 7 heteroatoms. The molecule has 1 fully saturated rings. The van der Waals surface area contributed by atoms with Crippen LogP contribution in [0.4, 0.5) is 11.5 Å². The summed E-state index contributed by atoms with van der Waals surface area (Å²) in [6, 6.07) is 13.0. The number of rotatable bonds is 4. The molecule has 0 unspecified atom stereocenters. The van der Waals surface area contributed by atoms with Gasteiger partial charge in [-0.05, 0) is 37.1 Å². The minimum absolute atomic E-state index is 0.169. The summed E-state index contributed by atoms with van der Waals surface area (Å²) in [5, 5.41) is 15.1. The van der Waals surface area contributed by atoms with E-state index in [0.29, 0.717) is 5.69 Å². The summed E-state index contributed by atoms with van der Waals surface area (Å²) in [7, 11) is 0. The quantitative estimate of drug-likeness (QED) is 0.760. The molecule has 0 bridgehead atoms. The minimum Gasteiger partial charge on any atom is -0.355 e. The Labute approximate surface area is 157 Å². The lowest BCUT2D eigenvalue weighted by Gasteiger charge is -2.20. The van der Waals surface area contributed by atoms with Gasteiger partial charge in [0.15, 0.2) is 5.82 Å². The largest absolute Gasteiger partial charge is 0.355 e. The molecule has 138 valence electrons. The summed E-state index contributed by atoms with van der Waals surface area (Å²) in [5.41, 5.74) is 2.32. The van der Waals surface area contributed by atoms with Crippen molar-refractivity contribution < 1.29 is 9.32 Å². The fraction of sp³-hybridized carbons (Fsp3) is 0.300. The lowest BCUT2D eigenvalue weighted by molar-refractivity contribution is 0.0988. The summed E-state index contributed by atoms with van der Waals surface area (Å²) in [4.78, 5) is 14.4. The van der Waals surface area contributed by atoms with E-state index in [1.165, 1.54) is 37.9 Å². The number of carbonyl (C=O) groups is 1. The second-order valence-electron chi connectivity index (χ2n) is 6.59. The maximum absolute atomic E-state index is 12.1. The Morgan fingerprint density at radius 3 is 2.56 bits per heavy atom. The molecule has 0 spiro atoms. The third-order valence-electron chi connectivity index (χ3n) is 4.66. The molecule has 4 rings (SSSR count). The Kier molecular flexibility index (Phi) is 5.09. The van der Waals surface area contributed by atoms with Crippen LogP contribution < -0.4 is 10.2 Å². The fourth-order valence-electron chi connectivity index (χ4n) is 3.23. The van der Waals surface area contributed by atoms with Gasteiger partial charge in [-0.25, -0.2) is 0 Å². The van der Waals surface area contributed by atoms with E-state index in [0.717, 1.165) is 30.2 Å². The summed E-state index contributed by atoms with van der Waals surface area (Å²) >= 11 is 0. The summed E-state index contributed by atoms with van der Waals surface area (Å²) in [6.45, 7) is 2.08. The Morgan fingerprint density at radius 1 is 1.00 bits per heavy atom. The average Bonchev–Trinajstić information content (AvgIpc) is 3.11. The fourth-order valence-corrected chi connectivity index (χ4v) is 3.23. The summed E-state index contributed by atoms with van der Waals surface area (Å²) in [6.07, 6.45) is 6.42. The Morgan fingerprint density at radius 2 is 1.85 bits per heavy atom. The smallest absolute Gasteiger partial charge is 0.294 e. The molecule has 1 aromatic carbocycles. The van der Waals surface area contributed by atoms with Crippen molar-refractivity contribution in [2.75, 3.05) is 23.3 Å². The lowest BCUT2D eigenvalue weighted by Crippen LogP contribution is -2.25. The van der Waals surface area contributed by atoms with Crippen molar-refractivity contribution in [2.24, 2.45) is 0 Å². The van der Waals surface area contributed by atoms with Gasteiger partial charge in [-0.15, -0.1) is 10.2 Å². The molecule has 0 aliphatic carbocycles. The van der Waals surface area contributed by atoms with Gasteiger partial charge in [0.1, 0.15) is 0 Å². The number of nitrogens with zero attached hydrogens (tertiary/aromatic N) is 4. The molecular weight excluding hydrogens is 342 g/mol. The Bertz CT molecular complexity index is 885. The van der Waals surface area contributed by atoms with Gasteiger partial charge >= 0.3 is 0 Å². The molecule has 3 heterocycles. The van der Waals surface area contributed by atoms with Gasteiger partial charge in [-0.1, -0.05) is 30.1 Å². The van der Waals surface area contributed by atoms with Crippen LogP contribution in [0.1, 0.15) is 36.2 Å². The van der Waals surface area contributed by atoms with E-state index in [1.807, 2.05) is 36.4 Å². The number of nitrogens with one attached hydrogen (secondary N) is 1. The van der Waals surface area contributed by atoms with Crippen LogP contribution in [-0.2, 0) is 0 Å². The average molecular weight is 363 g/mol. The van der Waals surface area contributed by atoms with Crippen LogP contribution in [0.15, 0.2) is 53.2 Å². The maximum atomic E-state index is 12.1. The van der Waals surface area contributed by atoms with E-state index in [2.05, 4.69) is 25.6 Å². The molecule has 7 nitrogen and oxygen atoms in total. The minimum atomic E-state index is -0.341. The first-order valence-electron chi connectivity index (χ1n) is 9.21. The molecular formula is C20H21N5O2. The first-order valence-corrected chi connectivity index (χ1v) is 9.21. The molecule has 1 aliphatic rings. The number of benzene rings is 1. The van der Waals surface area contributed by atoms with Crippen LogP contribution in [-0.4, -0.2) is 34.4 Å². The molecule has 1 aliphatic heterocycles. The normalized spacial score (nSPS) is 14.6. The first-order chi connectivity index (χ1) is 13.3. The molecule has 1 saturated heterocycles. The van der Waals surface area contributed by atoms with Crippen molar-refractivity contribution in [1.82, 2.24) is 15.4 Å². The number of hydrogen-bond acceptors (Lipinski definition) is 6. The first kappa shape index (κ1) is 17.2. The van der Waals surface area contributed by atoms with E-state index < -0.39 is 0 Å². The van der Waals surface area contributed by atoms with Crippen LogP contribution in [0.3, 0.4) is 0 Å². The second-order valence-corrected chi connectivity index (χ2v) is 6.59. The summed E-state index contributed by atoms with van der Waals surface area (Å²) in [5.74, 6) is 0.754. The van der Waals surface area contributed by atoms with Crippen molar-refractivity contribution in [1.29, 1.82) is 0 Å². The standard InChI is InChI=1S/C20H21N5O2/c26-20(18-10-11-21-27-18)22-16-7-5-6-15(14-16)17-8-9-19(24-23-17)25-12-3-1-2-4-13-25/h5-11,14H,1-4,12-13H2,(H,22,26). The van der Waals surface area contributed by atoms with Gasteiger partial charge in [0.05, 0.1) is 11.9 Å². The van der Waals surface area contributed by atoms with Crippen LogP contribution in [0.5, 0.6) is 0 Å². The number of carbonyl (C=O) groups excluding carboxylic acids is 1. The zero-order valence-corrected chi connectivity index (χ0v) is 15.0. The van der Waals surface area contributed by atoms with Gasteiger partial charge in [0, 0.05) is 30.4 Å². The van der Waals surface area contributed by atoms with E-state index in [1.54, 1.807) is 0 Å². The van der Waals surface area contributed by atoms with Gasteiger partial charge in [0.2, 0.25) is 5.76 Å². The van der Waals surface area contributed by atoms with Crippen LogP contribution in [0.25, 0.3) is 11.3 Å². The highest BCUT2D eigenvalue weighted by molar-refractivity contribution is 6.02. The van der Waals surface area contributed by atoms with Crippen molar-refractivity contribution >= 4 is 17.4 Å². The Balaban J connectivity index is 1.49. The van der Waals surface area contributed by atoms with Crippen LogP contribution in [0.2, 0.25) is 0 Å². The van der Waals surface area contributed by atoms with Gasteiger partial charge in [-0.2, -0.15) is 0 Å². The van der Waals surface area contributed by atoms with E-state index in [9.17, 15) is 4.79 Å². The lowest BCUT2D eigenvalue weighted by atomic mass is 10.1. The van der Waals surface area contributed by atoms with Gasteiger partial charge in [0.25, 0.3) is 5.91 Å². The van der Waals surface area contributed by atoms with Crippen molar-refractivity contribution in [3.05, 3.63) is 54.4 Å². The van der Waals surface area contributed by atoms with Gasteiger partial charge < -0.3 is 14.7 Å². The predicted octanol–water partition coefficient (Wildman–Crippen LogP) is 3.76. The molecule has 27 heavy (non-hydrogen) atoms. The number of aromatic nitrogens is 3. The van der Waals surface area contributed by atoms with E-state index in [-0.39, 0.29) is 11.7 Å². The molecule has 1 amide bonds. The molecule has 2 aromatic heterocycles. The highest BCUT2D eigenvalue weighted by Crippen LogP contribution is 2.23. The highest BCUT2D eigenvalue weighted by atomic mass is 16.5. The predicted molar refractivity (Wildman–Crippen MR) is 103 cm³/mol. The van der Waals surface area contributed by atoms with Crippen molar-refractivity contribution in [3.8, 4) is 11.3 Å². The molecule has 0 atom stereocenters. The number of hydrogen-bond donors (Lipinski definition) is 1. The maximum Gasteiger partial charge on any atom is 0.294 e. The highest BCUT2D eigenvalue weighted by Gasteiger charge is 2.13. The summed E-state index contributed by atoms with van der Waals surface area (Å²) < 4.78 is 4.87. The third kappa shape index (κ3) is 4.13. The van der Waals surface area contributed by atoms with E-state index in [4.69, 9.17) is 4.52 Å². The molecule has 3 aromatic rings. The zero-order chi connectivity index (χ0) is 18.5. The van der Waals surface area contributed by atoms with Crippen molar-refractivity contribution in [3.63, 3.8) is 0 Å². The SMILES string of the molecule is O=C(Nc1cccc(-c2ccc(N3CCCCCC3)nn2)c1)c1ccno1.